The van der Waals surface area contributed by atoms with E-state index in [1.807, 2.05) is 30.3 Å². The van der Waals surface area contributed by atoms with Crippen LogP contribution >= 0.6 is 0 Å². The predicted octanol–water partition coefficient (Wildman–Crippen LogP) is 3.66. The Kier molecular flexibility index (Phi) is 7.14. The summed E-state index contributed by atoms with van der Waals surface area (Å²) in [6, 6.07) is 9.70. The number of aldehydes is 1. The van der Waals surface area contributed by atoms with Crippen molar-refractivity contribution in [3.63, 3.8) is 0 Å². The average Bonchev–Trinajstić information content (AvgIpc) is 2.58. The first-order valence-corrected chi connectivity index (χ1v) is 8.56. The molecule has 0 aliphatic heterocycles. The van der Waals surface area contributed by atoms with Crippen LogP contribution in [0.4, 0.5) is 0 Å². The Morgan fingerprint density at radius 3 is 2.59 bits per heavy atom. The highest BCUT2D eigenvalue weighted by Gasteiger charge is 2.16. The smallest absolute Gasteiger partial charge is 0.220 e. The maximum atomic E-state index is 12.0. The number of hydrogen-bond acceptors (Lipinski definition) is 2. The van der Waals surface area contributed by atoms with Crippen molar-refractivity contribution < 1.29 is 9.59 Å². The Morgan fingerprint density at radius 1 is 1.18 bits per heavy atom. The summed E-state index contributed by atoms with van der Waals surface area (Å²) in [6.07, 6.45) is 10.3. The molecular weight excluding hydrogens is 274 g/mol. The quantitative estimate of drug-likeness (QED) is 0.745. The van der Waals surface area contributed by atoms with Crippen LogP contribution in [0.2, 0.25) is 0 Å². The Morgan fingerprint density at radius 2 is 1.91 bits per heavy atom. The van der Waals surface area contributed by atoms with Gasteiger partial charge in [-0.3, -0.25) is 4.79 Å². The molecule has 0 unspecified atom stereocenters. The van der Waals surface area contributed by atoms with Crippen LogP contribution in [-0.4, -0.2) is 18.2 Å². The molecule has 1 aliphatic carbocycles. The van der Waals surface area contributed by atoms with Crippen LogP contribution in [0.15, 0.2) is 30.3 Å². The molecule has 120 valence electrons. The second-order valence-electron chi connectivity index (χ2n) is 6.38. The third-order valence-corrected chi connectivity index (χ3v) is 4.60. The summed E-state index contributed by atoms with van der Waals surface area (Å²) in [5, 5.41) is 2.87. The Balaban J connectivity index is 1.67. The minimum atomic E-state index is -0.362. The van der Waals surface area contributed by atoms with E-state index in [2.05, 4.69) is 5.32 Å². The van der Waals surface area contributed by atoms with Crippen LogP contribution in [0.1, 0.15) is 56.9 Å². The van der Waals surface area contributed by atoms with Crippen molar-refractivity contribution in [2.24, 2.45) is 5.92 Å². The summed E-state index contributed by atoms with van der Waals surface area (Å²) >= 11 is 0. The third kappa shape index (κ3) is 6.00. The Hall–Kier alpha value is -1.64. The highest BCUT2D eigenvalue weighted by atomic mass is 16.2. The van der Waals surface area contributed by atoms with Crippen molar-refractivity contribution in [1.82, 2.24) is 5.32 Å². The first-order valence-electron chi connectivity index (χ1n) is 8.56. The Labute approximate surface area is 133 Å². The van der Waals surface area contributed by atoms with Crippen LogP contribution in [0.25, 0.3) is 0 Å². The van der Waals surface area contributed by atoms with Crippen LogP contribution in [0.5, 0.6) is 0 Å². The van der Waals surface area contributed by atoms with Crippen molar-refractivity contribution in [1.29, 1.82) is 0 Å². The summed E-state index contributed by atoms with van der Waals surface area (Å²) in [7, 11) is 0. The summed E-state index contributed by atoms with van der Waals surface area (Å²) in [5.41, 5.74) is 1.20. The van der Waals surface area contributed by atoms with E-state index in [0.29, 0.717) is 18.8 Å². The van der Waals surface area contributed by atoms with Gasteiger partial charge in [-0.2, -0.15) is 0 Å². The van der Waals surface area contributed by atoms with E-state index in [0.717, 1.165) is 19.1 Å². The van der Waals surface area contributed by atoms with Gasteiger partial charge in [-0.15, -0.1) is 0 Å². The lowest BCUT2D eigenvalue weighted by Crippen LogP contribution is -2.36. The number of amides is 1. The van der Waals surface area contributed by atoms with Crippen molar-refractivity contribution in [3.05, 3.63) is 35.9 Å². The molecular formula is C19H27NO2. The molecule has 0 aromatic heterocycles. The molecule has 1 atom stereocenters. The van der Waals surface area contributed by atoms with Gasteiger partial charge in [0.1, 0.15) is 6.29 Å². The molecule has 1 aliphatic rings. The zero-order valence-electron chi connectivity index (χ0n) is 13.3. The number of carbonyl (C=O) groups excluding carboxylic acids is 2. The lowest BCUT2D eigenvalue weighted by molar-refractivity contribution is -0.124. The Bertz CT molecular complexity index is 452. The molecule has 0 bridgehead atoms. The first kappa shape index (κ1) is 16.7. The zero-order chi connectivity index (χ0) is 15.6. The molecule has 1 aromatic rings. The molecule has 3 nitrogen and oxygen atoms in total. The van der Waals surface area contributed by atoms with E-state index in [4.69, 9.17) is 0 Å². The van der Waals surface area contributed by atoms with E-state index in [-0.39, 0.29) is 11.9 Å². The maximum Gasteiger partial charge on any atom is 0.220 e. The number of hydrogen-bond donors (Lipinski definition) is 1. The van der Waals surface area contributed by atoms with Gasteiger partial charge in [-0.25, -0.2) is 0 Å². The van der Waals surface area contributed by atoms with Crippen LogP contribution in [0.3, 0.4) is 0 Å². The highest BCUT2D eigenvalue weighted by Crippen LogP contribution is 2.27. The molecule has 1 amide bonds. The van der Waals surface area contributed by atoms with Crippen LogP contribution in [0, 0.1) is 5.92 Å². The van der Waals surface area contributed by atoms with Crippen molar-refractivity contribution in [3.8, 4) is 0 Å². The van der Waals surface area contributed by atoms with Gasteiger partial charge in [-0.05, 0) is 30.7 Å². The van der Waals surface area contributed by atoms with Crippen molar-refractivity contribution >= 4 is 12.2 Å². The fraction of sp³-hybridized carbons (Fsp3) is 0.579. The van der Waals surface area contributed by atoms with E-state index in [1.165, 1.54) is 37.7 Å². The second-order valence-corrected chi connectivity index (χ2v) is 6.38. The molecule has 0 radical (unpaired) electrons. The normalized spacial score (nSPS) is 16.9. The predicted molar refractivity (Wildman–Crippen MR) is 88.6 cm³/mol. The molecule has 1 aromatic carbocycles. The summed E-state index contributed by atoms with van der Waals surface area (Å²) in [6.45, 7) is 0. The van der Waals surface area contributed by atoms with Gasteiger partial charge in [0.2, 0.25) is 5.91 Å². The van der Waals surface area contributed by atoms with E-state index in [1.54, 1.807) is 0 Å². The monoisotopic (exact) mass is 301 g/mol. The van der Waals surface area contributed by atoms with Gasteiger partial charge in [0.15, 0.2) is 0 Å². The molecule has 1 saturated carbocycles. The maximum absolute atomic E-state index is 12.0. The van der Waals surface area contributed by atoms with E-state index >= 15 is 0 Å². The number of aryl methyl sites for hydroxylation is 1. The number of carbonyl (C=O) groups is 2. The lowest BCUT2D eigenvalue weighted by Gasteiger charge is -2.21. The minimum absolute atomic E-state index is 0.0238. The average molecular weight is 301 g/mol. The van der Waals surface area contributed by atoms with Gasteiger partial charge in [0.25, 0.3) is 0 Å². The number of rotatable bonds is 8. The van der Waals surface area contributed by atoms with Gasteiger partial charge in [0, 0.05) is 6.42 Å². The number of nitrogens with one attached hydrogen (secondary N) is 1. The van der Waals surface area contributed by atoms with Gasteiger partial charge in [-0.1, -0.05) is 62.4 Å². The molecule has 22 heavy (non-hydrogen) atoms. The third-order valence-electron chi connectivity index (χ3n) is 4.60. The SMILES string of the molecule is O=C[C@H](CCc1ccccc1)NC(=O)CCC1CCCCC1. The summed E-state index contributed by atoms with van der Waals surface area (Å²) < 4.78 is 0. The molecule has 0 saturated heterocycles. The molecule has 1 fully saturated rings. The molecule has 1 N–H and O–H groups in total. The largest absolute Gasteiger partial charge is 0.347 e. The van der Waals surface area contributed by atoms with Crippen molar-refractivity contribution in [2.45, 2.75) is 63.8 Å². The highest BCUT2D eigenvalue weighted by molar-refractivity contribution is 5.79. The van der Waals surface area contributed by atoms with Crippen LogP contribution < -0.4 is 5.32 Å². The topological polar surface area (TPSA) is 46.2 Å². The fourth-order valence-electron chi connectivity index (χ4n) is 3.23. The fourth-order valence-corrected chi connectivity index (χ4v) is 3.23. The van der Waals surface area contributed by atoms with Crippen molar-refractivity contribution in [2.75, 3.05) is 0 Å². The zero-order valence-corrected chi connectivity index (χ0v) is 13.3. The molecule has 0 spiro atoms. The molecule has 2 rings (SSSR count). The second kappa shape index (κ2) is 9.39. The van der Waals surface area contributed by atoms with Gasteiger partial charge < -0.3 is 10.1 Å². The summed E-state index contributed by atoms with van der Waals surface area (Å²) in [4.78, 5) is 23.1. The number of benzene rings is 1. The van der Waals surface area contributed by atoms with E-state index < -0.39 is 0 Å². The standard InChI is InChI=1S/C19H27NO2/c21-15-18(13-11-16-7-3-1-4-8-16)20-19(22)14-12-17-9-5-2-6-10-17/h1,3-4,7-8,15,17-18H,2,5-6,9-14H2,(H,20,22)/t18-/m0/s1. The summed E-state index contributed by atoms with van der Waals surface area (Å²) in [5.74, 6) is 0.731. The van der Waals surface area contributed by atoms with Crippen LogP contribution in [-0.2, 0) is 16.0 Å². The first-order chi connectivity index (χ1) is 10.8. The minimum Gasteiger partial charge on any atom is -0.347 e. The van der Waals surface area contributed by atoms with Gasteiger partial charge >= 0.3 is 0 Å². The molecule has 3 heteroatoms. The lowest BCUT2D eigenvalue weighted by atomic mass is 9.86. The molecule has 0 heterocycles. The van der Waals surface area contributed by atoms with Gasteiger partial charge in [0.05, 0.1) is 6.04 Å². The van der Waals surface area contributed by atoms with E-state index in [9.17, 15) is 9.59 Å².